The van der Waals surface area contributed by atoms with Gasteiger partial charge in [-0.05, 0) is 31.5 Å². The molecule has 0 aliphatic carbocycles. The highest BCUT2D eigenvalue weighted by Crippen LogP contribution is 2.22. The molecule has 0 saturated carbocycles. The number of nitrogens with one attached hydrogen (secondary N) is 1. The Balaban J connectivity index is 2.31. The van der Waals surface area contributed by atoms with Gasteiger partial charge >= 0.3 is 0 Å². The minimum Gasteiger partial charge on any atom is -0.383 e. The SMILES string of the molecule is COCC(C)Nc1nccn1-c1cc(Cl)ccc1C. The Kier molecular flexibility index (Phi) is 4.45. The van der Waals surface area contributed by atoms with Crippen LogP contribution in [-0.2, 0) is 4.74 Å². The minimum absolute atomic E-state index is 0.186. The maximum atomic E-state index is 6.07. The van der Waals surface area contributed by atoms with Crippen LogP contribution in [0.2, 0.25) is 5.02 Å². The van der Waals surface area contributed by atoms with Crippen LogP contribution in [0, 0.1) is 6.92 Å². The number of aromatic nitrogens is 2. The van der Waals surface area contributed by atoms with E-state index in [2.05, 4.69) is 10.3 Å². The van der Waals surface area contributed by atoms with Gasteiger partial charge < -0.3 is 10.1 Å². The molecule has 0 amide bonds. The van der Waals surface area contributed by atoms with Crippen LogP contribution in [0.1, 0.15) is 12.5 Å². The number of halogens is 1. The zero-order chi connectivity index (χ0) is 13.8. The van der Waals surface area contributed by atoms with Gasteiger partial charge in [0, 0.05) is 30.6 Å². The molecule has 5 heteroatoms. The summed E-state index contributed by atoms with van der Waals surface area (Å²) in [6, 6.07) is 6.01. The summed E-state index contributed by atoms with van der Waals surface area (Å²) in [5.74, 6) is 0.787. The second-order valence-electron chi connectivity index (χ2n) is 4.55. The normalized spacial score (nSPS) is 12.4. The van der Waals surface area contributed by atoms with Crippen LogP contribution in [0.3, 0.4) is 0 Å². The van der Waals surface area contributed by atoms with Crippen molar-refractivity contribution in [2.75, 3.05) is 19.0 Å². The molecule has 2 rings (SSSR count). The summed E-state index contributed by atoms with van der Waals surface area (Å²) < 4.78 is 7.11. The van der Waals surface area contributed by atoms with Crippen molar-refractivity contribution >= 4 is 17.5 Å². The Morgan fingerprint density at radius 3 is 3.00 bits per heavy atom. The topological polar surface area (TPSA) is 39.1 Å². The van der Waals surface area contributed by atoms with E-state index in [0.717, 1.165) is 17.2 Å². The molecule has 2 aromatic rings. The smallest absolute Gasteiger partial charge is 0.207 e. The fourth-order valence-electron chi connectivity index (χ4n) is 1.96. The lowest BCUT2D eigenvalue weighted by atomic mass is 10.2. The highest BCUT2D eigenvalue weighted by molar-refractivity contribution is 6.30. The van der Waals surface area contributed by atoms with Gasteiger partial charge in [0.05, 0.1) is 12.3 Å². The molecular weight excluding hydrogens is 262 g/mol. The summed E-state index contributed by atoms with van der Waals surface area (Å²) in [7, 11) is 1.69. The molecule has 1 heterocycles. The maximum absolute atomic E-state index is 6.07. The molecule has 1 N–H and O–H groups in total. The van der Waals surface area contributed by atoms with Crippen LogP contribution >= 0.6 is 11.6 Å². The lowest BCUT2D eigenvalue weighted by molar-refractivity contribution is 0.190. The molecule has 0 radical (unpaired) electrons. The number of rotatable bonds is 5. The Morgan fingerprint density at radius 2 is 2.26 bits per heavy atom. The lowest BCUT2D eigenvalue weighted by Crippen LogP contribution is -2.23. The summed E-state index contributed by atoms with van der Waals surface area (Å²) in [4.78, 5) is 4.34. The van der Waals surface area contributed by atoms with Crippen molar-refractivity contribution in [1.82, 2.24) is 9.55 Å². The van der Waals surface area contributed by atoms with E-state index >= 15 is 0 Å². The van der Waals surface area contributed by atoms with E-state index in [-0.39, 0.29) is 6.04 Å². The molecule has 102 valence electrons. The Hall–Kier alpha value is -1.52. The van der Waals surface area contributed by atoms with Crippen LogP contribution in [0.25, 0.3) is 5.69 Å². The van der Waals surface area contributed by atoms with E-state index in [0.29, 0.717) is 11.6 Å². The molecule has 19 heavy (non-hydrogen) atoms. The van der Waals surface area contributed by atoms with Crippen molar-refractivity contribution in [2.24, 2.45) is 0 Å². The monoisotopic (exact) mass is 279 g/mol. The first kappa shape index (κ1) is 13.9. The van der Waals surface area contributed by atoms with E-state index in [1.165, 1.54) is 0 Å². The standard InChI is InChI=1S/C14H18ClN3O/c1-10-4-5-12(15)8-13(10)18-7-6-16-14(18)17-11(2)9-19-3/h4-8,11H,9H2,1-3H3,(H,16,17). The van der Waals surface area contributed by atoms with E-state index in [9.17, 15) is 0 Å². The first-order valence-corrected chi connectivity index (χ1v) is 6.55. The molecule has 1 aromatic heterocycles. The highest BCUT2D eigenvalue weighted by atomic mass is 35.5. The number of ether oxygens (including phenoxy) is 1. The number of benzene rings is 1. The van der Waals surface area contributed by atoms with E-state index in [1.807, 2.05) is 42.8 Å². The van der Waals surface area contributed by atoms with Crippen LogP contribution in [0.4, 0.5) is 5.95 Å². The molecule has 1 aromatic carbocycles. The van der Waals surface area contributed by atoms with Crippen LogP contribution in [0.15, 0.2) is 30.6 Å². The number of nitrogens with zero attached hydrogens (tertiary/aromatic N) is 2. The number of anilines is 1. The van der Waals surface area contributed by atoms with Gasteiger partial charge in [-0.1, -0.05) is 17.7 Å². The van der Waals surface area contributed by atoms with Crippen molar-refractivity contribution in [3.05, 3.63) is 41.2 Å². The van der Waals surface area contributed by atoms with Gasteiger partial charge in [-0.15, -0.1) is 0 Å². The molecule has 0 bridgehead atoms. The lowest BCUT2D eigenvalue weighted by Gasteiger charge is -2.16. The van der Waals surface area contributed by atoms with Crippen molar-refractivity contribution in [3.63, 3.8) is 0 Å². The molecule has 4 nitrogen and oxygen atoms in total. The van der Waals surface area contributed by atoms with Gasteiger partial charge in [0.15, 0.2) is 0 Å². The van der Waals surface area contributed by atoms with Gasteiger partial charge in [0.25, 0.3) is 0 Å². The number of aryl methyl sites for hydroxylation is 1. The van der Waals surface area contributed by atoms with Gasteiger partial charge in [-0.3, -0.25) is 4.57 Å². The van der Waals surface area contributed by atoms with E-state index < -0.39 is 0 Å². The van der Waals surface area contributed by atoms with Gasteiger partial charge in [-0.25, -0.2) is 4.98 Å². The summed E-state index contributed by atoms with van der Waals surface area (Å²) in [5, 5.41) is 4.03. The van der Waals surface area contributed by atoms with Gasteiger partial charge in [0.2, 0.25) is 5.95 Å². The van der Waals surface area contributed by atoms with Crippen LogP contribution in [0.5, 0.6) is 0 Å². The van der Waals surface area contributed by atoms with Gasteiger partial charge in [-0.2, -0.15) is 0 Å². The van der Waals surface area contributed by atoms with Gasteiger partial charge in [0.1, 0.15) is 0 Å². The Labute approximate surface area is 118 Å². The highest BCUT2D eigenvalue weighted by Gasteiger charge is 2.10. The zero-order valence-corrected chi connectivity index (χ0v) is 12.1. The van der Waals surface area contributed by atoms with Crippen LogP contribution < -0.4 is 5.32 Å². The van der Waals surface area contributed by atoms with E-state index in [4.69, 9.17) is 16.3 Å². The van der Waals surface area contributed by atoms with E-state index in [1.54, 1.807) is 13.3 Å². The maximum Gasteiger partial charge on any atom is 0.207 e. The summed E-state index contributed by atoms with van der Waals surface area (Å²) in [5.41, 5.74) is 2.17. The molecule has 1 atom stereocenters. The largest absolute Gasteiger partial charge is 0.383 e. The fraction of sp³-hybridized carbons (Fsp3) is 0.357. The van der Waals surface area contributed by atoms with Crippen LogP contribution in [-0.4, -0.2) is 29.3 Å². The molecule has 0 aliphatic heterocycles. The van der Waals surface area contributed by atoms with Crippen molar-refractivity contribution < 1.29 is 4.74 Å². The Bertz CT molecular complexity index is 553. The van der Waals surface area contributed by atoms with Crippen molar-refractivity contribution in [1.29, 1.82) is 0 Å². The van der Waals surface area contributed by atoms with Crippen molar-refractivity contribution in [2.45, 2.75) is 19.9 Å². The summed E-state index contributed by atoms with van der Waals surface area (Å²) in [6.45, 7) is 4.72. The molecule has 0 fully saturated rings. The average molecular weight is 280 g/mol. The predicted octanol–water partition coefficient (Wildman–Crippen LogP) is 3.28. The van der Waals surface area contributed by atoms with Crippen molar-refractivity contribution in [3.8, 4) is 5.69 Å². The first-order valence-electron chi connectivity index (χ1n) is 6.17. The molecule has 1 unspecified atom stereocenters. The zero-order valence-electron chi connectivity index (χ0n) is 11.4. The first-order chi connectivity index (χ1) is 9.11. The summed E-state index contributed by atoms with van der Waals surface area (Å²) >= 11 is 6.07. The molecule has 0 aliphatic rings. The third kappa shape index (κ3) is 3.28. The Morgan fingerprint density at radius 1 is 1.47 bits per heavy atom. The molecule has 0 saturated heterocycles. The second-order valence-corrected chi connectivity index (χ2v) is 4.99. The average Bonchev–Trinajstić information content (AvgIpc) is 2.80. The third-order valence-electron chi connectivity index (χ3n) is 2.86. The molecule has 0 spiro atoms. The fourth-order valence-corrected chi connectivity index (χ4v) is 2.13. The minimum atomic E-state index is 0.186. The number of imidazole rings is 1. The predicted molar refractivity (Wildman–Crippen MR) is 78.3 cm³/mol. The number of methoxy groups -OCH3 is 1. The molecular formula is C14H18ClN3O. The second kappa shape index (κ2) is 6.08. The quantitative estimate of drug-likeness (QED) is 0.913. The number of hydrogen-bond donors (Lipinski definition) is 1. The third-order valence-corrected chi connectivity index (χ3v) is 3.10. The number of hydrogen-bond acceptors (Lipinski definition) is 3. The summed E-state index contributed by atoms with van der Waals surface area (Å²) in [6.07, 6.45) is 3.68.